The minimum absolute atomic E-state index is 0.477. The van der Waals surface area contributed by atoms with Gasteiger partial charge >= 0.3 is 0 Å². The fourth-order valence-corrected chi connectivity index (χ4v) is 2.38. The number of para-hydroxylation sites is 1. The maximum absolute atomic E-state index is 4.49. The van der Waals surface area contributed by atoms with Crippen LogP contribution in [-0.2, 0) is 6.54 Å². The highest BCUT2D eigenvalue weighted by Gasteiger charge is 2.06. The number of nitrogens with zero attached hydrogens (tertiary/aromatic N) is 3. The molecule has 0 spiro atoms. The number of aromatic nitrogens is 3. The van der Waals surface area contributed by atoms with Gasteiger partial charge in [-0.3, -0.25) is 0 Å². The van der Waals surface area contributed by atoms with Crippen LogP contribution in [0.5, 0.6) is 0 Å². The molecule has 4 nitrogen and oxygen atoms in total. The third kappa shape index (κ3) is 3.59. The minimum Gasteiger partial charge on any atom is -0.310 e. The van der Waals surface area contributed by atoms with E-state index >= 15 is 0 Å². The highest BCUT2D eigenvalue weighted by atomic mass is 15.5. The molecule has 4 heteroatoms. The van der Waals surface area contributed by atoms with E-state index in [2.05, 4.69) is 46.7 Å². The van der Waals surface area contributed by atoms with E-state index in [1.807, 2.05) is 42.6 Å². The summed E-state index contributed by atoms with van der Waals surface area (Å²) in [4.78, 5) is 1.66. The number of hydrogen-bond acceptors (Lipinski definition) is 3. The smallest absolute Gasteiger partial charge is 0.0969 e. The summed E-state index contributed by atoms with van der Waals surface area (Å²) in [6.45, 7) is 3.87. The molecular formula is C18H20N4. The number of rotatable bonds is 6. The van der Waals surface area contributed by atoms with Crippen LogP contribution in [0.1, 0.15) is 24.1 Å². The molecule has 0 saturated carbocycles. The Labute approximate surface area is 130 Å². The standard InChI is InChI=1S/C18H20N4/c1-15(16-8-4-2-5-9-16)12-19-13-17-14-20-22(21-17)18-10-6-3-7-11-18/h2-11,14-15,19H,12-13H2,1H3. The van der Waals surface area contributed by atoms with Crippen molar-refractivity contribution in [2.24, 2.45) is 0 Å². The van der Waals surface area contributed by atoms with Gasteiger partial charge in [0.05, 0.1) is 17.6 Å². The minimum atomic E-state index is 0.477. The summed E-state index contributed by atoms with van der Waals surface area (Å²) in [6, 6.07) is 20.5. The second-order valence-corrected chi connectivity index (χ2v) is 5.40. The summed E-state index contributed by atoms with van der Waals surface area (Å²) < 4.78 is 0. The van der Waals surface area contributed by atoms with Gasteiger partial charge in [-0.25, -0.2) is 0 Å². The molecule has 1 unspecified atom stereocenters. The van der Waals surface area contributed by atoms with Crippen LogP contribution in [0.25, 0.3) is 5.69 Å². The van der Waals surface area contributed by atoms with Crippen molar-refractivity contribution in [1.29, 1.82) is 0 Å². The van der Waals surface area contributed by atoms with Crippen molar-refractivity contribution in [3.8, 4) is 5.69 Å². The summed E-state index contributed by atoms with van der Waals surface area (Å²) in [5.41, 5.74) is 3.28. The largest absolute Gasteiger partial charge is 0.310 e. The first-order valence-corrected chi connectivity index (χ1v) is 7.55. The first kappa shape index (κ1) is 14.5. The van der Waals surface area contributed by atoms with Crippen molar-refractivity contribution in [3.63, 3.8) is 0 Å². The molecule has 1 N–H and O–H groups in total. The van der Waals surface area contributed by atoms with Crippen molar-refractivity contribution in [3.05, 3.63) is 78.1 Å². The molecule has 1 atom stereocenters. The lowest BCUT2D eigenvalue weighted by Gasteiger charge is -2.12. The van der Waals surface area contributed by atoms with E-state index in [1.165, 1.54) is 5.56 Å². The number of hydrogen-bond donors (Lipinski definition) is 1. The summed E-state index contributed by atoms with van der Waals surface area (Å²) in [5, 5.41) is 12.2. The van der Waals surface area contributed by atoms with E-state index in [-0.39, 0.29) is 0 Å². The third-order valence-electron chi connectivity index (χ3n) is 3.65. The van der Waals surface area contributed by atoms with E-state index in [4.69, 9.17) is 0 Å². The van der Waals surface area contributed by atoms with Gasteiger partial charge in [-0.05, 0) is 23.6 Å². The first-order chi connectivity index (χ1) is 10.8. The van der Waals surface area contributed by atoms with Gasteiger partial charge in [-0.15, -0.1) is 0 Å². The van der Waals surface area contributed by atoms with Crippen LogP contribution in [0.4, 0.5) is 0 Å². The molecule has 3 rings (SSSR count). The van der Waals surface area contributed by atoms with Crippen molar-refractivity contribution in [2.45, 2.75) is 19.4 Å². The number of benzene rings is 2. The van der Waals surface area contributed by atoms with E-state index in [1.54, 1.807) is 4.80 Å². The van der Waals surface area contributed by atoms with Crippen LogP contribution in [-0.4, -0.2) is 21.5 Å². The monoisotopic (exact) mass is 292 g/mol. The third-order valence-corrected chi connectivity index (χ3v) is 3.65. The van der Waals surface area contributed by atoms with E-state index in [0.29, 0.717) is 5.92 Å². The predicted octanol–water partition coefficient (Wildman–Crippen LogP) is 3.16. The van der Waals surface area contributed by atoms with Crippen molar-refractivity contribution < 1.29 is 0 Å². The first-order valence-electron chi connectivity index (χ1n) is 7.55. The Morgan fingerprint density at radius 1 is 1.00 bits per heavy atom. The summed E-state index contributed by atoms with van der Waals surface area (Å²) >= 11 is 0. The van der Waals surface area contributed by atoms with Crippen LogP contribution in [0.2, 0.25) is 0 Å². The Morgan fingerprint density at radius 2 is 1.68 bits per heavy atom. The fourth-order valence-electron chi connectivity index (χ4n) is 2.38. The van der Waals surface area contributed by atoms with Crippen LogP contribution < -0.4 is 5.32 Å². The Bertz CT molecular complexity index is 691. The average molecular weight is 292 g/mol. The molecule has 22 heavy (non-hydrogen) atoms. The normalized spacial score (nSPS) is 12.2. The van der Waals surface area contributed by atoms with E-state index in [9.17, 15) is 0 Å². The molecule has 3 aromatic rings. The molecule has 0 amide bonds. The quantitative estimate of drug-likeness (QED) is 0.759. The molecule has 1 aromatic heterocycles. The summed E-state index contributed by atoms with van der Waals surface area (Å²) in [7, 11) is 0. The molecule has 0 saturated heterocycles. The molecule has 0 aliphatic carbocycles. The Kier molecular flexibility index (Phi) is 4.61. The Morgan fingerprint density at radius 3 is 2.41 bits per heavy atom. The zero-order valence-corrected chi connectivity index (χ0v) is 12.7. The molecule has 1 heterocycles. The summed E-state index contributed by atoms with van der Waals surface area (Å²) in [6.07, 6.45) is 1.81. The fraction of sp³-hybridized carbons (Fsp3) is 0.222. The van der Waals surface area contributed by atoms with Gasteiger partial charge in [0.1, 0.15) is 0 Å². The average Bonchev–Trinajstić information content (AvgIpc) is 3.05. The predicted molar refractivity (Wildman–Crippen MR) is 87.9 cm³/mol. The zero-order valence-electron chi connectivity index (χ0n) is 12.7. The molecule has 0 radical (unpaired) electrons. The second kappa shape index (κ2) is 7.00. The van der Waals surface area contributed by atoms with Gasteiger partial charge in [0.2, 0.25) is 0 Å². The Balaban J connectivity index is 1.53. The zero-order chi connectivity index (χ0) is 15.2. The maximum atomic E-state index is 4.49. The van der Waals surface area contributed by atoms with Gasteiger partial charge < -0.3 is 5.32 Å². The van der Waals surface area contributed by atoms with Crippen molar-refractivity contribution in [1.82, 2.24) is 20.3 Å². The second-order valence-electron chi connectivity index (χ2n) is 5.40. The highest BCUT2D eigenvalue weighted by molar-refractivity contribution is 5.28. The van der Waals surface area contributed by atoms with Crippen LogP contribution in [0, 0.1) is 0 Å². The molecule has 0 aliphatic heterocycles. The molecule has 112 valence electrons. The molecule has 0 aliphatic rings. The van der Waals surface area contributed by atoms with Crippen LogP contribution >= 0.6 is 0 Å². The lowest BCUT2D eigenvalue weighted by Crippen LogP contribution is -2.20. The Hall–Kier alpha value is -2.46. The topological polar surface area (TPSA) is 42.7 Å². The SMILES string of the molecule is CC(CNCc1cnn(-c2ccccc2)n1)c1ccccc1. The van der Waals surface area contributed by atoms with Crippen molar-refractivity contribution in [2.75, 3.05) is 6.54 Å². The van der Waals surface area contributed by atoms with Gasteiger partial charge in [-0.1, -0.05) is 55.5 Å². The molecular weight excluding hydrogens is 272 g/mol. The molecule has 0 fully saturated rings. The maximum Gasteiger partial charge on any atom is 0.0969 e. The number of nitrogens with one attached hydrogen (secondary N) is 1. The van der Waals surface area contributed by atoms with Gasteiger partial charge in [-0.2, -0.15) is 15.0 Å². The van der Waals surface area contributed by atoms with Crippen LogP contribution in [0.3, 0.4) is 0 Å². The summed E-state index contributed by atoms with van der Waals surface area (Å²) in [5.74, 6) is 0.477. The van der Waals surface area contributed by atoms with E-state index < -0.39 is 0 Å². The lowest BCUT2D eigenvalue weighted by molar-refractivity contribution is 0.603. The van der Waals surface area contributed by atoms with Gasteiger partial charge in [0.15, 0.2) is 0 Å². The van der Waals surface area contributed by atoms with Gasteiger partial charge in [0, 0.05) is 13.1 Å². The lowest BCUT2D eigenvalue weighted by atomic mass is 10.0. The van der Waals surface area contributed by atoms with Crippen LogP contribution in [0.15, 0.2) is 66.9 Å². The molecule has 2 aromatic carbocycles. The van der Waals surface area contributed by atoms with Gasteiger partial charge in [0.25, 0.3) is 0 Å². The highest BCUT2D eigenvalue weighted by Crippen LogP contribution is 2.13. The molecule has 0 bridgehead atoms. The van der Waals surface area contributed by atoms with E-state index in [0.717, 1.165) is 24.5 Å². The van der Waals surface area contributed by atoms with Crippen molar-refractivity contribution >= 4 is 0 Å².